The molecule has 5 nitrogen and oxygen atoms in total. The Morgan fingerprint density at radius 2 is 1.43 bits per heavy atom. The van der Waals surface area contributed by atoms with Crippen LogP contribution in [0.4, 0.5) is 28.9 Å². The predicted octanol–water partition coefficient (Wildman–Crippen LogP) is 6.13. The molecule has 2 aliphatic heterocycles. The number of anilines is 2. The van der Waals surface area contributed by atoms with E-state index < -0.39 is 52.6 Å². The third kappa shape index (κ3) is 4.77. The van der Waals surface area contributed by atoms with Gasteiger partial charge in [0.2, 0.25) is 0 Å². The molecule has 9 heteroatoms. The first-order valence-corrected chi connectivity index (χ1v) is 12.1. The number of hydrogen-bond donors (Lipinski definition) is 0. The Balaban J connectivity index is 1.50. The first kappa shape index (κ1) is 24.8. The van der Waals surface area contributed by atoms with Crippen molar-refractivity contribution in [2.45, 2.75) is 38.3 Å². The first-order valence-electron chi connectivity index (χ1n) is 12.1. The van der Waals surface area contributed by atoms with Crippen molar-refractivity contribution in [1.82, 2.24) is 0 Å². The molecule has 2 aliphatic rings. The van der Waals surface area contributed by atoms with Crippen LogP contribution in [-0.4, -0.2) is 30.9 Å². The molecule has 1 unspecified atom stereocenters. The van der Waals surface area contributed by atoms with Crippen molar-refractivity contribution in [3.8, 4) is 0 Å². The van der Waals surface area contributed by atoms with Crippen LogP contribution >= 0.6 is 0 Å². The lowest BCUT2D eigenvalue weighted by Gasteiger charge is -2.33. The minimum Gasteiger partial charge on any atom is -0.462 e. The zero-order chi connectivity index (χ0) is 26.1. The summed E-state index contributed by atoms with van der Waals surface area (Å²) in [6, 6.07) is 17.9. The van der Waals surface area contributed by atoms with Crippen molar-refractivity contribution in [2.75, 3.05) is 23.0 Å². The number of carbonyl (C=O) groups excluding carboxylic acids is 1. The lowest BCUT2D eigenvalue weighted by atomic mass is 9.96. The number of para-hydroxylation sites is 1. The maximum Gasteiger partial charge on any atom is 0.302 e. The highest BCUT2D eigenvalue weighted by molar-refractivity contribution is 6.04. The molecule has 1 atom stereocenters. The topological polar surface area (TPSA) is 45.1 Å². The Morgan fingerprint density at radius 1 is 0.865 bits per heavy atom. The van der Waals surface area contributed by atoms with E-state index in [1.807, 2.05) is 48.5 Å². The molecule has 0 saturated carbocycles. The number of hydrazone groups is 1. The number of hydrogen-bond acceptors (Lipinski definition) is 5. The Hall–Kier alpha value is -3.88. The van der Waals surface area contributed by atoms with E-state index >= 15 is 17.6 Å². The molecule has 3 aromatic carbocycles. The summed E-state index contributed by atoms with van der Waals surface area (Å²) in [6.07, 6.45) is 0.237. The van der Waals surface area contributed by atoms with Gasteiger partial charge in [-0.15, -0.1) is 0 Å². The van der Waals surface area contributed by atoms with Gasteiger partial charge in [-0.25, -0.2) is 17.6 Å². The number of esters is 1. The van der Waals surface area contributed by atoms with Gasteiger partial charge in [0.25, 0.3) is 0 Å². The Morgan fingerprint density at radius 3 is 2.00 bits per heavy atom. The van der Waals surface area contributed by atoms with Crippen molar-refractivity contribution in [2.24, 2.45) is 5.10 Å². The molecule has 192 valence electrons. The van der Waals surface area contributed by atoms with Gasteiger partial charge in [0.15, 0.2) is 23.3 Å². The Kier molecular flexibility index (Phi) is 6.86. The monoisotopic (exact) mass is 511 g/mol. The van der Waals surface area contributed by atoms with Crippen molar-refractivity contribution in [1.29, 1.82) is 0 Å². The number of halogens is 4. The molecule has 2 heterocycles. The van der Waals surface area contributed by atoms with Crippen molar-refractivity contribution >= 4 is 23.1 Å². The molecule has 0 spiro atoms. The first-order chi connectivity index (χ1) is 17.8. The minimum atomic E-state index is -1.48. The zero-order valence-corrected chi connectivity index (χ0v) is 20.1. The quantitative estimate of drug-likeness (QED) is 0.235. The summed E-state index contributed by atoms with van der Waals surface area (Å²) >= 11 is 0. The van der Waals surface area contributed by atoms with Crippen LogP contribution in [0.25, 0.3) is 0 Å². The maximum atomic E-state index is 15.4. The van der Waals surface area contributed by atoms with E-state index in [4.69, 9.17) is 4.74 Å². The summed E-state index contributed by atoms with van der Waals surface area (Å²) in [5.41, 5.74) is -0.101. The molecule has 0 bridgehead atoms. The molecule has 0 aromatic heterocycles. The van der Waals surface area contributed by atoms with Crippen molar-refractivity contribution in [3.63, 3.8) is 0 Å². The van der Waals surface area contributed by atoms with E-state index in [0.717, 1.165) is 5.56 Å². The second-order valence-corrected chi connectivity index (χ2v) is 9.13. The van der Waals surface area contributed by atoms with E-state index in [1.54, 1.807) is 17.1 Å². The third-order valence-corrected chi connectivity index (χ3v) is 6.74. The summed E-state index contributed by atoms with van der Waals surface area (Å²) in [5.74, 6) is -6.32. The van der Waals surface area contributed by atoms with Crippen LogP contribution in [0.1, 0.15) is 43.4 Å². The van der Waals surface area contributed by atoms with E-state index in [9.17, 15) is 4.79 Å². The van der Waals surface area contributed by atoms with E-state index in [0.29, 0.717) is 18.5 Å². The summed E-state index contributed by atoms with van der Waals surface area (Å²) in [7, 11) is 0. The number of ether oxygens (including phenoxy) is 1. The normalized spacial score (nSPS) is 18.2. The fourth-order valence-corrected chi connectivity index (χ4v) is 5.00. The average Bonchev–Trinajstić information content (AvgIpc) is 3.34. The van der Waals surface area contributed by atoms with E-state index in [2.05, 4.69) is 5.10 Å². The number of rotatable bonds is 5. The van der Waals surface area contributed by atoms with E-state index in [1.165, 1.54) is 11.8 Å². The molecule has 1 fully saturated rings. The highest BCUT2D eigenvalue weighted by Gasteiger charge is 2.37. The molecule has 0 N–H and O–H groups in total. The van der Waals surface area contributed by atoms with Gasteiger partial charge in [-0.05, 0) is 17.7 Å². The van der Waals surface area contributed by atoms with Gasteiger partial charge in [-0.3, -0.25) is 9.80 Å². The Labute approximate surface area is 212 Å². The van der Waals surface area contributed by atoms with Crippen LogP contribution in [0.15, 0.2) is 65.8 Å². The van der Waals surface area contributed by atoms with Crippen molar-refractivity contribution < 1.29 is 27.1 Å². The van der Waals surface area contributed by atoms with Gasteiger partial charge in [-0.2, -0.15) is 5.10 Å². The van der Waals surface area contributed by atoms with Crippen LogP contribution in [0.5, 0.6) is 0 Å². The lowest BCUT2D eigenvalue weighted by molar-refractivity contribution is -0.147. The predicted molar refractivity (Wildman–Crippen MR) is 133 cm³/mol. The molecule has 3 aromatic rings. The molecule has 0 amide bonds. The lowest BCUT2D eigenvalue weighted by Crippen LogP contribution is -2.39. The second-order valence-electron chi connectivity index (χ2n) is 9.13. The summed E-state index contributed by atoms with van der Waals surface area (Å²) in [6.45, 7) is 1.45. The van der Waals surface area contributed by atoms with Gasteiger partial charge in [0.1, 0.15) is 11.8 Å². The molecule has 1 saturated heterocycles. The number of benzene rings is 3. The number of piperidine rings is 1. The maximum absolute atomic E-state index is 15.4. The third-order valence-electron chi connectivity index (χ3n) is 6.74. The summed E-state index contributed by atoms with van der Waals surface area (Å²) in [5, 5.41) is 6.06. The fraction of sp³-hybridized carbons (Fsp3) is 0.286. The summed E-state index contributed by atoms with van der Waals surface area (Å²) in [4.78, 5) is 12.4. The molecule has 0 aliphatic carbocycles. The Bertz CT molecular complexity index is 1300. The van der Waals surface area contributed by atoms with Gasteiger partial charge in [-0.1, -0.05) is 48.5 Å². The standard InChI is InChI=1S/C28H25F4N3O2/c1-17(36)37-20-12-14-34(15-13-20)28-26(31)24(29)23(25(30)27(28)32)21-16-22(18-8-4-2-5-9-18)35(33-21)19-10-6-3-7-11-19/h2-11,20,22H,12-16H2,1H3. The molecular formula is C28H25F4N3O2. The van der Waals surface area contributed by atoms with Gasteiger partial charge in [0, 0.05) is 39.3 Å². The highest BCUT2D eigenvalue weighted by atomic mass is 19.2. The number of nitrogens with zero attached hydrogens (tertiary/aromatic N) is 3. The molecule has 5 rings (SSSR count). The van der Waals surface area contributed by atoms with Crippen LogP contribution < -0.4 is 9.91 Å². The van der Waals surface area contributed by atoms with Crippen LogP contribution in [-0.2, 0) is 9.53 Å². The van der Waals surface area contributed by atoms with Crippen molar-refractivity contribution in [3.05, 3.63) is 95.1 Å². The largest absolute Gasteiger partial charge is 0.462 e. The summed E-state index contributed by atoms with van der Waals surface area (Å²) < 4.78 is 66.6. The van der Waals surface area contributed by atoms with Gasteiger partial charge < -0.3 is 9.64 Å². The van der Waals surface area contributed by atoms with Crippen LogP contribution in [0.2, 0.25) is 0 Å². The van der Waals surface area contributed by atoms with Crippen LogP contribution in [0.3, 0.4) is 0 Å². The van der Waals surface area contributed by atoms with Crippen LogP contribution in [0, 0.1) is 23.3 Å². The van der Waals surface area contributed by atoms with Gasteiger partial charge in [0.05, 0.1) is 23.0 Å². The number of carbonyl (C=O) groups is 1. The fourth-order valence-electron chi connectivity index (χ4n) is 5.00. The average molecular weight is 512 g/mol. The molecule has 37 heavy (non-hydrogen) atoms. The van der Waals surface area contributed by atoms with Gasteiger partial charge >= 0.3 is 5.97 Å². The second kappa shape index (κ2) is 10.2. The molecular weight excluding hydrogens is 486 g/mol. The smallest absolute Gasteiger partial charge is 0.302 e. The highest BCUT2D eigenvalue weighted by Crippen LogP contribution is 2.40. The van der Waals surface area contributed by atoms with E-state index in [-0.39, 0.29) is 25.2 Å². The SMILES string of the molecule is CC(=O)OC1CCN(c2c(F)c(F)c(C3=NN(c4ccccc4)C(c4ccccc4)C3)c(F)c2F)CC1. The molecule has 0 radical (unpaired) electrons. The zero-order valence-electron chi connectivity index (χ0n) is 20.1. The minimum absolute atomic E-state index is 0.0543.